The normalized spacial score (nSPS) is 14.5. The van der Waals surface area contributed by atoms with Crippen molar-refractivity contribution in [1.29, 1.82) is 0 Å². The van der Waals surface area contributed by atoms with Gasteiger partial charge in [0.25, 0.3) is 0 Å². The van der Waals surface area contributed by atoms with Crippen molar-refractivity contribution < 1.29 is 14.6 Å². The van der Waals surface area contributed by atoms with Gasteiger partial charge in [-0.2, -0.15) is 0 Å². The molecule has 12 heavy (non-hydrogen) atoms. The largest absolute Gasteiger partial charge is 0.508 e. The van der Waals surface area contributed by atoms with Crippen LogP contribution in [0.25, 0.3) is 0 Å². The molecule has 1 aliphatic heterocycles. The van der Waals surface area contributed by atoms with E-state index >= 15 is 0 Å². The van der Waals surface area contributed by atoms with Crippen LogP contribution in [-0.4, -0.2) is 17.6 Å². The molecule has 0 saturated heterocycles. The van der Waals surface area contributed by atoms with Crippen molar-refractivity contribution in [2.75, 3.05) is 11.9 Å². The van der Waals surface area contributed by atoms with Crippen molar-refractivity contribution in [3.63, 3.8) is 0 Å². The summed E-state index contributed by atoms with van der Waals surface area (Å²) < 4.78 is 4.87. The number of hydrogen-bond donors (Lipinski definition) is 2. The van der Waals surface area contributed by atoms with Crippen LogP contribution in [0.2, 0.25) is 0 Å². The van der Waals surface area contributed by atoms with Crippen LogP contribution >= 0.6 is 0 Å². The zero-order valence-electron chi connectivity index (χ0n) is 6.20. The molecule has 0 bridgehead atoms. The van der Waals surface area contributed by atoms with Gasteiger partial charge in [0.15, 0.2) is 5.75 Å². The van der Waals surface area contributed by atoms with Gasteiger partial charge in [0.05, 0.1) is 5.69 Å². The molecule has 0 unspecified atom stereocenters. The van der Waals surface area contributed by atoms with Crippen LogP contribution in [-0.2, 0) is 4.79 Å². The summed E-state index contributed by atoms with van der Waals surface area (Å²) in [5.41, 5.74) is 0.648. The van der Waals surface area contributed by atoms with Crippen LogP contribution < -0.4 is 10.1 Å². The van der Waals surface area contributed by atoms with Crippen LogP contribution in [0, 0.1) is 0 Å². The highest BCUT2D eigenvalue weighted by atomic mass is 16.5. The van der Waals surface area contributed by atoms with Crippen LogP contribution in [0.3, 0.4) is 0 Å². The Morgan fingerprint density at radius 3 is 3.17 bits per heavy atom. The molecule has 0 saturated carbocycles. The van der Waals surface area contributed by atoms with E-state index in [-0.39, 0.29) is 18.3 Å². The minimum atomic E-state index is -0.312. The lowest BCUT2D eigenvalue weighted by Gasteiger charge is -2.16. The Kier molecular flexibility index (Phi) is 1.40. The van der Waals surface area contributed by atoms with Gasteiger partial charge in [0.1, 0.15) is 12.3 Å². The molecule has 2 N–H and O–H groups in total. The summed E-state index contributed by atoms with van der Waals surface area (Å²) in [5.74, 6) is 0.302. The fourth-order valence-electron chi connectivity index (χ4n) is 1.07. The number of benzene rings is 1. The molecule has 0 aliphatic carbocycles. The second-order valence-electron chi connectivity index (χ2n) is 2.51. The second-order valence-corrected chi connectivity index (χ2v) is 2.51. The van der Waals surface area contributed by atoms with E-state index in [0.29, 0.717) is 11.4 Å². The van der Waals surface area contributed by atoms with E-state index in [0.717, 1.165) is 0 Å². The van der Waals surface area contributed by atoms with Crippen LogP contribution in [0.15, 0.2) is 18.2 Å². The third-order valence-electron chi connectivity index (χ3n) is 1.61. The molecule has 4 heteroatoms. The lowest BCUT2D eigenvalue weighted by Crippen LogP contribution is -2.24. The average molecular weight is 165 g/mol. The van der Waals surface area contributed by atoms with Crippen molar-refractivity contribution >= 4 is 11.7 Å². The van der Waals surface area contributed by atoms with Crippen molar-refractivity contribution in [1.82, 2.24) is 0 Å². The summed E-state index contributed by atoms with van der Waals surface area (Å²) in [6.45, 7) is 0.149. The van der Waals surface area contributed by atoms with Gasteiger partial charge in [-0.1, -0.05) is 0 Å². The molecule has 2 rings (SSSR count). The first-order valence-corrected chi connectivity index (χ1v) is 3.53. The topological polar surface area (TPSA) is 58.6 Å². The lowest BCUT2D eigenvalue weighted by atomic mass is 10.2. The van der Waals surface area contributed by atoms with E-state index in [2.05, 4.69) is 5.32 Å². The predicted molar refractivity (Wildman–Crippen MR) is 42.2 cm³/mol. The maximum absolute atomic E-state index is 10.8. The minimum Gasteiger partial charge on any atom is -0.508 e. The molecule has 0 spiro atoms. The molecule has 0 radical (unpaired) electrons. The quantitative estimate of drug-likeness (QED) is 0.439. The predicted octanol–water partition coefficient (Wildman–Crippen LogP) is 0.723. The second kappa shape index (κ2) is 2.41. The number of carbonyl (C=O) groups excluding carboxylic acids is 1. The number of phenolic OH excluding ortho intramolecular Hbond substituents is 1. The highest BCUT2D eigenvalue weighted by Gasteiger charge is 2.15. The minimum absolute atomic E-state index is 0.149. The average Bonchev–Trinajstić information content (AvgIpc) is 2.05. The lowest BCUT2D eigenvalue weighted by molar-refractivity contribution is -0.132. The monoisotopic (exact) mass is 165 g/mol. The number of anilines is 1. The van der Waals surface area contributed by atoms with Gasteiger partial charge in [-0.15, -0.1) is 0 Å². The summed E-state index contributed by atoms with van der Waals surface area (Å²) in [7, 11) is 0. The fourth-order valence-corrected chi connectivity index (χ4v) is 1.07. The Bertz CT molecular complexity index is 335. The molecule has 4 nitrogen and oxygen atoms in total. The smallest absolute Gasteiger partial charge is 0.330 e. The van der Waals surface area contributed by atoms with Crippen molar-refractivity contribution in [2.45, 2.75) is 0 Å². The van der Waals surface area contributed by atoms with Crippen molar-refractivity contribution in [3.05, 3.63) is 18.2 Å². The first kappa shape index (κ1) is 6.97. The maximum Gasteiger partial charge on any atom is 0.330 e. The van der Waals surface area contributed by atoms with Gasteiger partial charge >= 0.3 is 5.97 Å². The number of phenols is 1. The van der Waals surface area contributed by atoms with Gasteiger partial charge in [0, 0.05) is 6.07 Å². The zero-order valence-corrected chi connectivity index (χ0v) is 6.20. The summed E-state index contributed by atoms with van der Waals surface area (Å²) in [6, 6.07) is 4.54. The Hall–Kier alpha value is -1.71. The number of aromatic hydroxyl groups is 1. The van der Waals surface area contributed by atoms with E-state index < -0.39 is 0 Å². The highest BCUT2D eigenvalue weighted by Crippen LogP contribution is 2.30. The summed E-state index contributed by atoms with van der Waals surface area (Å²) in [4.78, 5) is 10.8. The number of nitrogens with one attached hydrogen (secondary N) is 1. The summed E-state index contributed by atoms with van der Waals surface area (Å²) >= 11 is 0. The first-order chi connectivity index (χ1) is 5.75. The molecule has 0 aromatic heterocycles. The highest BCUT2D eigenvalue weighted by molar-refractivity contribution is 5.83. The molecule has 62 valence electrons. The van der Waals surface area contributed by atoms with Gasteiger partial charge in [-0.25, -0.2) is 4.79 Å². The molecule has 1 aromatic rings. The summed E-state index contributed by atoms with van der Waals surface area (Å²) in [5, 5.41) is 11.9. The van der Waals surface area contributed by atoms with Gasteiger partial charge in [-0.05, 0) is 12.1 Å². The van der Waals surface area contributed by atoms with E-state index in [4.69, 9.17) is 9.84 Å². The fraction of sp³-hybridized carbons (Fsp3) is 0.125. The molecule has 1 aromatic carbocycles. The first-order valence-electron chi connectivity index (χ1n) is 3.53. The Morgan fingerprint density at radius 2 is 2.33 bits per heavy atom. The third kappa shape index (κ3) is 1.07. The maximum atomic E-state index is 10.8. The number of esters is 1. The standard InChI is InChI=1S/C8H7NO3/c10-5-1-2-7-6(3-5)9-4-8(11)12-7/h1-3,9-10H,4H2. The van der Waals surface area contributed by atoms with E-state index in [9.17, 15) is 4.79 Å². The molecule has 0 atom stereocenters. The van der Waals surface area contributed by atoms with Gasteiger partial charge in [0.2, 0.25) is 0 Å². The van der Waals surface area contributed by atoms with E-state index in [1.165, 1.54) is 12.1 Å². The number of fused-ring (bicyclic) bond motifs is 1. The van der Waals surface area contributed by atoms with E-state index in [1.807, 2.05) is 0 Å². The number of ether oxygens (including phenoxy) is 1. The molecular formula is C8H7NO3. The number of rotatable bonds is 0. The van der Waals surface area contributed by atoms with Crippen LogP contribution in [0.4, 0.5) is 5.69 Å². The molecule has 0 amide bonds. The zero-order chi connectivity index (χ0) is 8.55. The van der Waals surface area contributed by atoms with Crippen molar-refractivity contribution in [2.24, 2.45) is 0 Å². The third-order valence-corrected chi connectivity index (χ3v) is 1.61. The SMILES string of the molecule is O=C1CNc2cc(O)ccc2O1. The molecule has 1 aliphatic rings. The Balaban J connectivity index is 2.43. The number of hydrogen-bond acceptors (Lipinski definition) is 4. The molecule has 0 fully saturated rings. The van der Waals surface area contributed by atoms with E-state index in [1.54, 1.807) is 6.07 Å². The molecular weight excluding hydrogens is 158 g/mol. The van der Waals surface area contributed by atoms with Gasteiger partial charge in [-0.3, -0.25) is 0 Å². The summed E-state index contributed by atoms with van der Waals surface area (Å²) in [6.07, 6.45) is 0. The molecule has 1 heterocycles. The Morgan fingerprint density at radius 1 is 1.50 bits per heavy atom. The number of carbonyl (C=O) groups is 1. The van der Waals surface area contributed by atoms with Crippen LogP contribution in [0.5, 0.6) is 11.5 Å². The Labute approximate surface area is 68.8 Å². The van der Waals surface area contributed by atoms with Crippen molar-refractivity contribution in [3.8, 4) is 11.5 Å². The van der Waals surface area contributed by atoms with Crippen LogP contribution in [0.1, 0.15) is 0 Å². The van der Waals surface area contributed by atoms with Gasteiger partial charge < -0.3 is 15.2 Å².